The second-order valence-electron chi connectivity index (χ2n) is 6.28. The second kappa shape index (κ2) is 9.42. The van der Waals surface area contributed by atoms with Crippen LogP contribution in [-0.2, 0) is 17.8 Å². The SMILES string of the molecule is O=C/C=C/C=C/N(CCCc1c[nH]c2ccccc12)Cc1ccccc1. The summed E-state index contributed by atoms with van der Waals surface area (Å²) >= 11 is 0. The minimum atomic E-state index is 0.795. The summed E-state index contributed by atoms with van der Waals surface area (Å²) < 4.78 is 0. The number of carbonyl (C=O) groups is 1. The Balaban J connectivity index is 1.62. The first-order valence-corrected chi connectivity index (χ1v) is 8.98. The van der Waals surface area contributed by atoms with Crippen LogP contribution in [0.4, 0.5) is 0 Å². The molecule has 0 atom stereocenters. The molecule has 1 N–H and O–H groups in total. The van der Waals surface area contributed by atoms with Gasteiger partial charge >= 0.3 is 0 Å². The first kappa shape index (κ1) is 17.7. The molecule has 0 bridgehead atoms. The fraction of sp³-hybridized carbons (Fsp3) is 0.174. The van der Waals surface area contributed by atoms with Crippen molar-refractivity contribution < 1.29 is 4.79 Å². The van der Waals surface area contributed by atoms with Crippen LogP contribution >= 0.6 is 0 Å². The summed E-state index contributed by atoms with van der Waals surface area (Å²) in [5.41, 5.74) is 3.84. The number of para-hydroxylation sites is 1. The highest BCUT2D eigenvalue weighted by Gasteiger charge is 2.05. The largest absolute Gasteiger partial charge is 0.373 e. The van der Waals surface area contributed by atoms with Gasteiger partial charge in [0.1, 0.15) is 6.29 Å². The highest BCUT2D eigenvalue weighted by Crippen LogP contribution is 2.19. The molecule has 0 saturated carbocycles. The molecule has 3 rings (SSSR count). The Bertz CT molecular complexity index is 877. The fourth-order valence-electron chi connectivity index (χ4n) is 3.12. The summed E-state index contributed by atoms with van der Waals surface area (Å²) in [5.74, 6) is 0. The quantitative estimate of drug-likeness (QED) is 0.341. The number of nitrogens with one attached hydrogen (secondary N) is 1. The van der Waals surface area contributed by atoms with Crippen molar-refractivity contribution in [2.75, 3.05) is 6.54 Å². The van der Waals surface area contributed by atoms with Gasteiger partial charge in [0.2, 0.25) is 0 Å². The van der Waals surface area contributed by atoms with Gasteiger partial charge in [-0.05, 0) is 48.4 Å². The van der Waals surface area contributed by atoms with Gasteiger partial charge in [0.25, 0.3) is 0 Å². The van der Waals surface area contributed by atoms with E-state index in [0.717, 1.165) is 32.2 Å². The predicted molar refractivity (Wildman–Crippen MR) is 108 cm³/mol. The first-order valence-electron chi connectivity index (χ1n) is 8.98. The van der Waals surface area contributed by atoms with Gasteiger partial charge < -0.3 is 9.88 Å². The van der Waals surface area contributed by atoms with E-state index in [4.69, 9.17) is 0 Å². The van der Waals surface area contributed by atoms with Crippen LogP contribution < -0.4 is 0 Å². The molecular formula is C23H24N2O. The van der Waals surface area contributed by atoms with E-state index < -0.39 is 0 Å². The van der Waals surface area contributed by atoms with Crippen molar-refractivity contribution in [2.24, 2.45) is 0 Å². The summed E-state index contributed by atoms with van der Waals surface area (Å²) in [6.07, 6.45) is 12.3. The third kappa shape index (κ3) is 4.96. The second-order valence-corrected chi connectivity index (χ2v) is 6.28. The van der Waals surface area contributed by atoms with Crippen molar-refractivity contribution in [3.63, 3.8) is 0 Å². The maximum absolute atomic E-state index is 10.4. The lowest BCUT2D eigenvalue weighted by molar-refractivity contribution is -0.104. The third-order valence-corrected chi connectivity index (χ3v) is 4.39. The smallest absolute Gasteiger partial charge is 0.142 e. The number of carbonyl (C=O) groups excluding carboxylic acids is 1. The van der Waals surface area contributed by atoms with E-state index >= 15 is 0 Å². The minimum Gasteiger partial charge on any atom is -0.373 e. The number of hydrogen-bond donors (Lipinski definition) is 1. The summed E-state index contributed by atoms with van der Waals surface area (Å²) in [4.78, 5) is 16.0. The molecule has 2 aromatic carbocycles. The van der Waals surface area contributed by atoms with Gasteiger partial charge in [-0.3, -0.25) is 4.79 Å². The number of rotatable bonds is 9. The number of nitrogens with zero attached hydrogens (tertiary/aromatic N) is 1. The third-order valence-electron chi connectivity index (χ3n) is 4.39. The van der Waals surface area contributed by atoms with E-state index in [1.54, 1.807) is 6.08 Å². The standard InChI is InChI=1S/C23H24N2O/c26-17-8-2-7-15-25(19-20-10-3-1-4-11-20)16-9-12-21-18-24-23-14-6-5-13-22(21)23/h1-8,10-11,13-15,17-18,24H,9,12,16,19H2/b8-2+,15-7+. The highest BCUT2D eigenvalue weighted by atomic mass is 16.1. The van der Waals surface area contributed by atoms with Crippen LogP contribution in [0.15, 0.2) is 85.2 Å². The maximum Gasteiger partial charge on any atom is 0.142 e. The Morgan fingerprint density at radius 1 is 0.923 bits per heavy atom. The van der Waals surface area contributed by atoms with Crippen LogP contribution in [0, 0.1) is 0 Å². The molecule has 0 aliphatic carbocycles. The van der Waals surface area contributed by atoms with Gasteiger partial charge in [0.05, 0.1) is 0 Å². The number of benzene rings is 2. The molecule has 3 nitrogen and oxygen atoms in total. The lowest BCUT2D eigenvalue weighted by Crippen LogP contribution is -2.18. The molecule has 0 radical (unpaired) electrons. The van der Waals surface area contributed by atoms with Gasteiger partial charge in [-0.25, -0.2) is 0 Å². The Kier molecular flexibility index (Phi) is 6.43. The number of allylic oxidation sites excluding steroid dienone is 3. The van der Waals surface area contributed by atoms with Gasteiger partial charge in [-0.2, -0.15) is 0 Å². The van der Waals surface area contributed by atoms with Crippen molar-refractivity contribution in [3.8, 4) is 0 Å². The number of aryl methyl sites for hydroxylation is 1. The van der Waals surface area contributed by atoms with E-state index in [9.17, 15) is 4.79 Å². The summed E-state index contributed by atoms with van der Waals surface area (Å²) in [6.45, 7) is 1.82. The van der Waals surface area contributed by atoms with Crippen molar-refractivity contribution in [3.05, 3.63) is 96.3 Å². The molecule has 3 aromatic rings. The molecule has 1 heterocycles. The Hall–Kier alpha value is -3.07. The van der Waals surface area contributed by atoms with Gasteiger partial charge in [-0.15, -0.1) is 0 Å². The summed E-state index contributed by atoms with van der Waals surface area (Å²) in [7, 11) is 0. The molecule has 3 heteroatoms. The highest BCUT2D eigenvalue weighted by molar-refractivity contribution is 5.82. The topological polar surface area (TPSA) is 36.1 Å². The van der Waals surface area contributed by atoms with Crippen molar-refractivity contribution in [2.45, 2.75) is 19.4 Å². The summed E-state index contributed by atoms with van der Waals surface area (Å²) in [5, 5.41) is 1.31. The molecule has 0 amide bonds. The van der Waals surface area contributed by atoms with Crippen LogP contribution in [0.25, 0.3) is 10.9 Å². The van der Waals surface area contributed by atoms with Crippen LogP contribution in [-0.4, -0.2) is 22.7 Å². The van der Waals surface area contributed by atoms with E-state index in [-0.39, 0.29) is 0 Å². The van der Waals surface area contributed by atoms with Gasteiger partial charge in [0.15, 0.2) is 0 Å². The van der Waals surface area contributed by atoms with Crippen LogP contribution in [0.1, 0.15) is 17.5 Å². The Labute approximate surface area is 154 Å². The summed E-state index contributed by atoms with van der Waals surface area (Å²) in [6, 6.07) is 18.9. The van der Waals surface area contributed by atoms with Crippen LogP contribution in [0.3, 0.4) is 0 Å². The minimum absolute atomic E-state index is 0.795. The molecule has 0 aliphatic rings. The molecule has 0 spiro atoms. The van der Waals surface area contributed by atoms with Crippen LogP contribution in [0.2, 0.25) is 0 Å². The zero-order valence-corrected chi connectivity index (χ0v) is 14.8. The number of aromatic amines is 1. The predicted octanol–water partition coefficient (Wildman–Crippen LogP) is 4.87. The van der Waals surface area contributed by atoms with Crippen LogP contribution in [0.5, 0.6) is 0 Å². The van der Waals surface area contributed by atoms with Gasteiger partial charge in [0, 0.05) is 30.2 Å². The monoisotopic (exact) mass is 344 g/mol. The van der Waals surface area contributed by atoms with Crippen molar-refractivity contribution in [1.29, 1.82) is 0 Å². The van der Waals surface area contributed by atoms with E-state index in [0.29, 0.717) is 0 Å². The van der Waals surface area contributed by atoms with Crippen molar-refractivity contribution in [1.82, 2.24) is 9.88 Å². The zero-order chi connectivity index (χ0) is 18.0. The molecule has 132 valence electrons. The molecule has 0 aliphatic heterocycles. The molecule has 1 aromatic heterocycles. The van der Waals surface area contributed by atoms with E-state index in [2.05, 4.69) is 70.8 Å². The van der Waals surface area contributed by atoms with E-state index in [1.807, 2.05) is 12.1 Å². The average Bonchev–Trinajstić information content (AvgIpc) is 3.09. The fourth-order valence-corrected chi connectivity index (χ4v) is 3.12. The van der Waals surface area contributed by atoms with Crippen molar-refractivity contribution >= 4 is 17.2 Å². The van der Waals surface area contributed by atoms with E-state index in [1.165, 1.54) is 28.1 Å². The normalized spacial score (nSPS) is 11.5. The van der Waals surface area contributed by atoms with Gasteiger partial charge in [-0.1, -0.05) is 54.6 Å². The Morgan fingerprint density at radius 2 is 1.73 bits per heavy atom. The lowest BCUT2D eigenvalue weighted by atomic mass is 10.1. The molecule has 0 fully saturated rings. The average molecular weight is 344 g/mol. The molecule has 0 saturated heterocycles. The maximum atomic E-state index is 10.4. The zero-order valence-electron chi connectivity index (χ0n) is 14.8. The molecule has 26 heavy (non-hydrogen) atoms. The number of H-pyrrole nitrogens is 1. The first-order chi connectivity index (χ1) is 12.9. The lowest BCUT2D eigenvalue weighted by Gasteiger charge is -2.20. The number of aromatic nitrogens is 1. The molecular weight excluding hydrogens is 320 g/mol. The number of aldehydes is 1. The number of fused-ring (bicyclic) bond motifs is 1. The number of hydrogen-bond acceptors (Lipinski definition) is 2. The Morgan fingerprint density at radius 3 is 2.58 bits per heavy atom. The molecule has 0 unspecified atom stereocenters.